The molecule has 1 atom stereocenters. The Hall–Kier alpha value is -3.98. The smallest absolute Gasteiger partial charge is 0.343 e. The van der Waals surface area contributed by atoms with Crippen molar-refractivity contribution < 1.29 is 19.4 Å². The van der Waals surface area contributed by atoms with Crippen molar-refractivity contribution in [3.8, 4) is 0 Å². The average molecular weight is 433 g/mol. The van der Waals surface area contributed by atoms with Crippen molar-refractivity contribution in [1.82, 2.24) is 15.3 Å². The molecule has 1 aromatic heterocycles. The third kappa shape index (κ3) is 4.52. The standard InChI is InChI=1S/C23H23N5O4/c1-2-32-22(31)18-12-25-23(26-16-8-9-17-15(10-16)11-24-21(17)30)28-20(18)27-19(13-29)14-6-4-3-5-7-14/h3-10,12,19,29H,2,11,13H2,1H3,(H,24,30)(H2,25,26,27,28)/t19-/m1/s1. The van der Waals surface area contributed by atoms with Crippen LogP contribution in [0.1, 0.15) is 44.8 Å². The van der Waals surface area contributed by atoms with Crippen molar-refractivity contribution in [3.05, 3.63) is 77.0 Å². The number of carbonyl (C=O) groups is 2. The number of fused-ring (bicyclic) bond motifs is 1. The number of esters is 1. The molecule has 0 aliphatic carbocycles. The molecular weight excluding hydrogens is 410 g/mol. The van der Waals surface area contributed by atoms with Crippen molar-refractivity contribution in [2.75, 3.05) is 23.8 Å². The van der Waals surface area contributed by atoms with Gasteiger partial charge in [-0.15, -0.1) is 0 Å². The van der Waals surface area contributed by atoms with E-state index < -0.39 is 12.0 Å². The highest BCUT2D eigenvalue weighted by Gasteiger charge is 2.21. The average Bonchev–Trinajstić information content (AvgIpc) is 3.18. The van der Waals surface area contributed by atoms with Gasteiger partial charge >= 0.3 is 5.97 Å². The highest BCUT2D eigenvalue weighted by atomic mass is 16.5. The lowest BCUT2D eigenvalue weighted by Crippen LogP contribution is -2.19. The number of aromatic nitrogens is 2. The molecule has 32 heavy (non-hydrogen) atoms. The second kappa shape index (κ2) is 9.44. The highest BCUT2D eigenvalue weighted by molar-refractivity contribution is 5.98. The molecule has 3 aromatic rings. The SMILES string of the molecule is CCOC(=O)c1cnc(Nc2ccc3c(c2)CNC3=O)nc1N[C@H](CO)c1ccccc1. The minimum Gasteiger partial charge on any atom is -0.462 e. The molecule has 1 amide bonds. The molecule has 1 aliphatic rings. The number of rotatable bonds is 8. The first-order valence-electron chi connectivity index (χ1n) is 10.2. The van der Waals surface area contributed by atoms with Gasteiger partial charge < -0.3 is 25.8 Å². The fourth-order valence-corrected chi connectivity index (χ4v) is 3.43. The van der Waals surface area contributed by atoms with Gasteiger partial charge in [-0.3, -0.25) is 4.79 Å². The van der Waals surface area contributed by atoms with E-state index in [4.69, 9.17) is 4.74 Å². The van der Waals surface area contributed by atoms with Crippen LogP contribution in [0.15, 0.2) is 54.7 Å². The van der Waals surface area contributed by atoms with E-state index in [0.29, 0.717) is 17.8 Å². The number of hydrogen-bond acceptors (Lipinski definition) is 8. The lowest BCUT2D eigenvalue weighted by Gasteiger charge is -2.19. The maximum Gasteiger partial charge on any atom is 0.343 e. The monoisotopic (exact) mass is 433 g/mol. The summed E-state index contributed by atoms with van der Waals surface area (Å²) in [6, 6.07) is 14.2. The Bertz CT molecular complexity index is 1140. The lowest BCUT2D eigenvalue weighted by molar-refractivity contribution is 0.0526. The molecule has 4 rings (SSSR count). The quantitative estimate of drug-likeness (QED) is 0.400. The first-order chi connectivity index (χ1) is 15.6. The van der Waals surface area contributed by atoms with Gasteiger partial charge in [-0.1, -0.05) is 30.3 Å². The molecule has 2 aromatic carbocycles. The normalized spacial score (nSPS) is 13.1. The summed E-state index contributed by atoms with van der Waals surface area (Å²) >= 11 is 0. The van der Waals surface area contributed by atoms with Crippen LogP contribution in [-0.4, -0.2) is 40.2 Å². The molecular formula is C23H23N5O4. The Morgan fingerprint density at radius 3 is 2.81 bits per heavy atom. The van der Waals surface area contributed by atoms with Crippen LogP contribution in [0.5, 0.6) is 0 Å². The molecule has 9 nitrogen and oxygen atoms in total. The summed E-state index contributed by atoms with van der Waals surface area (Å²) in [6.45, 7) is 2.19. The van der Waals surface area contributed by atoms with Crippen LogP contribution in [0, 0.1) is 0 Å². The molecule has 0 unspecified atom stereocenters. The van der Waals surface area contributed by atoms with Gasteiger partial charge in [0.15, 0.2) is 0 Å². The Balaban J connectivity index is 1.63. The van der Waals surface area contributed by atoms with E-state index in [0.717, 1.165) is 11.1 Å². The number of nitrogens with one attached hydrogen (secondary N) is 3. The minimum atomic E-state index is -0.562. The summed E-state index contributed by atoms with van der Waals surface area (Å²) in [7, 11) is 0. The lowest BCUT2D eigenvalue weighted by atomic mass is 10.1. The number of carbonyl (C=O) groups excluding carboxylic acids is 2. The molecule has 164 valence electrons. The van der Waals surface area contributed by atoms with Gasteiger partial charge in [0, 0.05) is 24.0 Å². The fraction of sp³-hybridized carbons (Fsp3) is 0.217. The van der Waals surface area contributed by atoms with E-state index in [-0.39, 0.29) is 36.5 Å². The van der Waals surface area contributed by atoms with Gasteiger partial charge in [-0.2, -0.15) is 4.98 Å². The molecule has 2 heterocycles. The summed E-state index contributed by atoms with van der Waals surface area (Å²) in [5.74, 6) is -0.165. The van der Waals surface area contributed by atoms with Gasteiger partial charge in [0.05, 0.1) is 19.3 Å². The molecule has 0 radical (unpaired) electrons. The topological polar surface area (TPSA) is 125 Å². The van der Waals surface area contributed by atoms with Gasteiger partial charge in [-0.05, 0) is 36.2 Å². The number of anilines is 3. The van der Waals surface area contributed by atoms with E-state index in [1.807, 2.05) is 36.4 Å². The number of aliphatic hydroxyl groups is 1. The highest BCUT2D eigenvalue weighted by Crippen LogP contribution is 2.25. The predicted octanol–water partition coefficient (Wildman–Crippen LogP) is 2.79. The van der Waals surface area contributed by atoms with Crippen molar-refractivity contribution in [2.24, 2.45) is 0 Å². The van der Waals surface area contributed by atoms with Crippen LogP contribution in [0.2, 0.25) is 0 Å². The zero-order valence-electron chi connectivity index (χ0n) is 17.5. The summed E-state index contributed by atoms with van der Waals surface area (Å²) in [4.78, 5) is 32.9. The summed E-state index contributed by atoms with van der Waals surface area (Å²) < 4.78 is 5.13. The number of nitrogens with zero attached hydrogens (tertiary/aromatic N) is 2. The molecule has 4 N–H and O–H groups in total. The van der Waals surface area contributed by atoms with Gasteiger partial charge in [0.1, 0.15) is 11.4 Å². The van der Waals surface area contributed by atoms with E-state index in [2.05, 4.69) is 25.9 Å². The van der Waals surface area contributed by atoms with Crippen LogP contribution >= 0.6 is 0 Å². The van der Waals surface area contributed by atoms with E-state index in [1.54, 1.807) is 19.1 Å². The van der Waals surface area contributed by atoms with Crippen LogP contribution in [0.4, 0.5) is 17.5 Å². The van der Waals surface area contributed by atoms with E-state index in [1.165, 1.54) is 6.20 Å². The number of hydrogen-bond donors (Lipinski definition) is 4. The molecule has 0 bridgehead atoms. The third-order valence-electron chi connectivity index (χ3n) is 5.02. The van der Waals surface area contributed by atoms with E-state index in [9.17, 15) is 14.7 Å². The molecule has 0 saturated heterocycles. The number of ether oxygens (including phenoxy) is 1. The Kier molecular flexibility index (Phi) is 6.27. The summed E-state index contributed by atoms with van der Waals surface area (Å²) in [6.07, 6.45) is 1.38. The van der Waals surface area contributed by atoms with Crippen molar-refractivity contribution >= 4 is 29.3 Å². The van der Waals surface area contributed by atoms with Crippen molar-refractivity contribution in [3.63, 3.8) is 0 Å². The Labute approximate surface area is 184 Å². The molecule has 9 heteroatoms. The first kappa shape index (κ1) is 21.3. The number of benzene rings is 2. The fourth-order valence-electron chi connectivity index (χ4n) is 3.43. The van der Waals surface area contributed by atoms with Gasteiger partial charge in [0.25, 0.3) is 5.91 Å². The summed E-state index contributed by atoms with van der Waals surface area (Å²) in [5.41, 5.74) is 3.23. The number of aliphatic hydroxyl groups excluding tert-OH is 1. The molecule has 0 saturated carbocycles. The van der Waals surface area contributed by atoms with Crippen LogP contribution in [0.3, 0.4) is 0 Å². The minimum absolute atomic E-state index is 0.0935. The third-order valence-corrected chi connectivity index (χ3v) is 5.02. The van der Waals surface area contributed by atoms with Gasteiger partial charge in [0.2, 0.25) is 5.95 Å². The molecule has 0 fully saturated rings. The molecule has 0 spiro atoms. The van der Waals surface area contributed by atoms with Crippen molar-refractivity contribution in [1.29, 1.82) is 0 Å². The second-order valence-electron chi connectivity index (χ2n) is 7.15. The van der Waals surface area contributed by atoms with Crippen LogP contribution < -0.4 is 16.0 Å². The van der Waals surface area contributed by atoms with Gasteiger partial charge in [-0.25, -0.2) is 9.78 Å². The Morgan fingerprint density at radius 2 is 2.06 bits per heavy atom. The Morgan fingerprint density at radius 1 is 1.25 bits per heavy atom. The first-order valence-corrected chi connectivity index (χ1v) is 10.2. The van der Waals surface area contributed by atoms with Crippen LogP contribution in [0.25, 0.3) is 0 Å². The second-order valence-corrected chi connectivity index (χ2v) is 7.15. The maximum atomic E-state index is 12.4. The number of amides is 1. The zero-order chi connectivity index (χ0) is 22.5. The maximum absolute atomic E-state index is 12.4. The van der Waals surface area contributed by atoms with Crippen molar-refractivity contribution in [2.45, 2.75) is 19.5 Å². The summed E-state index contributed by atoms with van der Waals surface area (Å²) in [5, 5.41) is 18.9. The zero-order valence-corrected chi connectivity index (χ0v) is 17.5. The largest absolute Gasteiger partial charge is 0.462 e. The van der Waals surface area contributed by atoms with Crippen LogP contribution in [-0.2, 0) is 11.3 Å². The molecule has 1 aliphatic heterocycles. The van der Waals surface area contributed by atoms with E-state index >= 15 is 0 Å². The predicted molar refractivity (Wildman–Crippen MR) is 119 cm³/mol.